The maximum Gasteiger partial charge on any atom is 0.291 e. The second kappa shape index (κ2) is 8.70. The highest BCUT2D eigenvalue weighted by Crippen LogP contribution is 2.29. The number of hydrogen-bond acceptors (Lipinski definition) is 6. The summed E-state index contributed by atoms with van der Waals surface area (Å²) in [7, 11) is -2.10. The summed E-state index contributed by atoms with van der Waals surface area (Å²) in [6.45, 7) is 0.159. The molecule has 1 aromatic heterocycles. The van der Waals surface area contributed by atoms with Gasteiger partial charge >= 0.3 is 0 Å². The smallest absolute Gasteiger partial charge is 0.291 e. The van der Waals surface area contributed by atoms with Gasteiger partial charge in [0.2, 0.25) is 10.0 Å². The van der Waals surface area contributed by atoms with Crippen molar-refractivity contribution in [3.05, 3.63) is 72.2 Å². The molecule has 0 aliphatic heterocycles. The summed E-state index contributed by atoms with van der Waals surface area (Å²) in [6, 6.07) is 15.5. The molecule has 0 saturated carbocycles. The minimum absolute atomic E-state index is 0.106. The Kier molecular flexibility index (Phi) is 6.08. The normalized spacial score (nSPS) is 11.0. The van der Waals surface area contributed by atoms with E-state index in [1.165, 1.54) is 19.4 Å². The van der Waals surface area contributed by atoms with E-state index in [-0.39, 0.29) is 18.1 Å². The molecule has 29 heavy (non-hydrogen) atoms. The molecule has 0 bridgehead atoms. The highest BCUT2D eigenvalue weighted by Gasteiger charge is 2.17. The molecule has 0 saturated heterocycles. The zero-order valence-electron chi connectivity index (χ0n) is 15.8. The van der Waals surface area contributed by atoms with E-state index in [1.807, 2.05) is 30.3 Å². The van der Waals surface area contributed by atoms with Crippen LogP contribution >= 0.6 is 0 Å². The SMILES string of the molecule is COc1ccc(NC(=O)c2occc2COc2ccccc2)cc1NS(C)(=O)=O. The Hall–Kier alpha value is -3.46. The second-order valence-corrected chi connectivity index (χ2v) is 7.87. The number of sulfonamides is 1. The number of carbonyl (C=O) groups is 1. The van der Waals surface area contributed by atoms with Gasteiger partial charge in [-0.15, -0.1) is 0 Å². The van der Waals surface area contributed by atoms with Gasteiger partial charge in [0.05, 0.1) is 25.3 Å². The van der Waals surface area contributed by atoms with E-state index < -0.39 is 15.9 Å². The van der Waals surface area contributed by atoms with Gasteiger partial charge in [-0.25, -0.2) is 8.42 Å². The first-order chi connectivity index (χ1) is 13.9. The molecule has 2 aromatic carbocycles. The highest BCUT2D eigenvalue weighted by atomic mass is 32.2. The van der Waals surface area contributed by atoms with E-state index in [0.717, 1.165) is 6.26 Å². The van der Waals surface area contributed by atoms with E-state index in [9.17, 15) is 13.2 Å². The van der Waals surface area contributed by atoms with Crippen LogP contribution in [0.2, 0.25) is 0 Å². The van der Waals surface area contributed by atoms with Crippen molar-refractivity contribution < 1.29 is 27.1 Å². The van der Waals surface area contributed by atoms with Gasteiger partial charge in [-0.1, -0.05) is 18.2 Å². The van der Waals surface area contributed by atoms with E-state index in [0.29, 0.717) is 22.7 Å². The summed E-state index contributed by atoms with van der Waals surface area (Å²) in [5.41, 5.74) is 1.16. The first-order valence-electron chi connectivity index (χ1n) is 8.57. The molecule has 1 amide bonds. The summed E-state index contributed by atoms with van der Waals surface area (Å²) >= 11 is 0. The predicted octanol–water partition coefficient (Wildman–Crippen LogP) is 3.49. The minimum Gasteiger partial charge on any atom is -0.495 e. The second-order valence-electron chi connectivity index (χ2n) is 6.12. The van der Waals surface area contributed by atoms with Crippen molar-refractivity contribution in [3.63, 3.8) is 0 Å². The third kappa shape index (κ3) is 5.52. The fourth-order valence-corrected chi connectivity index (χ4v) is 3.14. The summed E-state index contributed by atoms with van der Waals surface area (Å²) in [4.78, 5) is 12.6. The first-order valence-corrected chi connectivity index (χ1v) is 10.5. The molecular formula is C20H20N2O6S. The number of anilines is 2. The average molecular weight is 416 g/mol. The van der Waals surface area contributed by atoms with Gasteiger partial charge in [-0.3, -0.25) is 9.52 Å². The van der Waals surface area contributed by atoms with Gasteiger partial charge in [-0.05, 0) is 36.4 Å². The van der Waals surface area contributed by atoms with Gasteiger partial charge in [0, 0.05) is 11.3 Å². The molecule has 1 heterocycles. The molecule has 152 valence electrons. The molecule has 3 aromatic rings. The van der Waals surface area contributed by atoms with Crippen LogP contribution in [-0.4, -0.2) is 27.7 Å². The third-order valence-corrected chi connectivity index (χ3v) is 4.43. The van der Waals surface area contributed by atoms with Crippen molar-refractivity contribution in [1.82, 2.24) is 0 Å². The maximum absolute atomic E-state index is 12.6. The number of nitrogens with one attached hydrogen (secondary N) is 2. The lowest BCUT2D eigenvalue weighted by Crippen LogP contribution is -2.15. The molecule has 3 rings (SSSR count). The topological polar surface area (TPSA) is 107 Å². The molecule has 2 N–H and O–H groups in total. The number of ether oxygens (including phenoxy) is 2. The van der Waals surface area contributed by atoms with Crippen LogP contribution in [0.25, 0.3) is 0 Å². The van der Waals surface area contributed by atoms with Gasteiger partial charge in [0.15, 0.2) is 5.76 Å². The Balaban J connectivity index is 1.74. The average Bonchev–Trinajstić information content (AvgIpc) is 3.15. The fourth-order valence-electron chi connectivity index (χ4n) is 2.58. The number of furan rings is 1. The van der Waals surface area contributed by atoms with E-state index >= 15 is 0 Å². The van der Waals surface area contributed by atoms with Crippen LogP contribution in [0.3, 0.4) is 0 Å². The third-order valence-electron chi connectivity index (χ3n) is 3.84. The lowest BCUT2D eigenvalue weighted by Gasteiger charge is -2.12. The number of carbonyl (C=O) groups excluding carboxylic acids is 1. The zero-order chi connectivity index (χ0) is 20.9. The summed E-state index contributed by atoms with van der Waals surface area (Å²) < 4.78 is 41.5. The summed E-state index contributed by atoms with van der Waals surface area (Å²) in [5, 5.41) is 2.68. The lowest BCUT2D eigenvalue weighted by atomic mass is 10.2. The Morgan fingerprint density at radius 2 is 1.86 bits per heavy atom. The number of amides is 1. The molecule has 8 nitrogen and oxygen atoms in total. The van der Waals surface area contributed by atoms with Gasteiger partial charge < -0.3 is 19.2 Å². The van der Waals surface area contributed by atoms with E-state index in [1.54, 1.807) is 18.2 Å². The number of methoxy groups -OCH3 is 1. The predicted molar refractivity (Wildman–Crippen MR) is 109 cm³/mol. The quantitative estimate of drug-likeness (QED) is 0.582. The van der Waals surface area contributed by atoms with Crippen LogP contribution in [0, 0.1) is 0 Å². The molecule has 0 atom stereocenters. The summed E-state index contributed by atoms with van der Waals surface area (Å²) in [6.07, 6.45) is 2.43. The summed E-state index contributed by atoms with van der Waals surface area (Å²) in [5.74, 6) is 0.613. The number of para-hydroxylation sites is 1. The van der Waals surface area contributed by atoms with Crippen LogP contribution in [-0.2, 0) is 16.6 Å². The molecule has 0 aliphatic rings. The van der Waals surface area contributed by atoms with Crippen molar-refractivity contribution >= 4 is 27.3 Å². The first kappa shape index (κ1) is 20.3. The van der Waals surface area contributed by atoms with E-state index in [2.05, 4.69) is 10.0 Å². The highest BCUT2D eigenvalue weighted by molar-refractivity contribution is 7.92. The monoisotopic (exact) mass is 416 g/mol. The van der Waals surface area contributed by atoms with Crippen molar-refractivity contribution in [2.45, 2.75) is 6.61 Å². The van der Waals surface area contributed by atoms with Crippen LogP contribution in [0.5, 0.6) is 11.5 Å². The Morgan fingerprint density at radius 3 is 2.55 bits per heavy atom. The zero-order valence-corrected chi connectivity index (χ0v) is 16.7. The largest absolute Gasteiger partial charge is 0.495 e. The standard InChI is InChI=1S/C20H20N2O6S/c1-26-18-9-8-15(12-17(18)22-29(2,24)25)21-20(23)19-14(10-11-27-19)13-28-16-6-4-3-5-7-16/h3-12,22H,13H2,1-2H3,(H,21,23). The van der Waals surface area contributed by atoms with Crippen molar-refractivity contribution in [1.29, 1.82) is 0 Å². The minimum atomic E-state index is -3.52. The van der Waals surface area contributed by atoms with Crippen LogP contribution < -0.4 is 19.5 Å². The lowest BCUT2D eigenvalue weighted by molar-refractivity contribution is 0.0993. The molecule has 0 aliphatic carbocycles. The van der Waals surface area contributed by atoms with Gasteiger partial charge in [0.25, 0.3) is 5.91 Å². The molecular weight excluding hydrogens is 396 g/mol. The maximum atomic E-state index is 12.6. The molecule has 0 spiro atoms. The molecule has 9 heteroatoms. The van der Waals surface area contributed by atoms with Crippen molar-refractivity contribution in [3.8, 4) is 11.5 Å². The van der Waals surface area contributed by atoms with E-state index in [4.69, 9.17) is 13.9 Å². The van der Waals surface area contributed by atoms with Gasteiger partial charge in [0.1, 0.15) is 18.1 Å². The van der Waals surface area contributed by atoms with Crippen LogP contribution in [0.4, 0.5) is 11.4 Å². The van der Waals surface area contributed by atoms with Crippen molar-refractivity contribution in [2.24, 2.45) is 0 Å². The molecule has 0 radical (unpaired) electrons. The number of hydrogen-bond donors (Lipinski definition) is 2. The Bertz CT molecular complexity index is 1090. The molecule has 0 unspecified atom stereocenters. The fraction of sp³-hybridized carbons (Fsp3) is 0.150. The number of rotatable bonds is 8. The van der Waals surface area contributed by atoms with Crippen LogP contribution in [0.1, 0.15) is 16.1 Å². The number of benzene rings is 2. The Labute approximate surface area is 168 Å². The van der Waals surface area contributed by atoms with Crippen molar-refractivity contribution in [2.75, 3.05) is 23.4 Å². The van der Waals surface area contributed by atoms with Crippen LogP contribution in [0.15, 0.2) is 65.3 Å². The Morgan fingerprint density at radius 1 is 1.10 bits per heavy atom. The molecule has 0 fully saturated rings. The van der Waals surface area contributed by atoms with Gasteiger partial charge in [-0.2, -0.15) is 0 Å².